The third-order valence-electron chi connectivity index (χ3n) is 1.99. The minimum absolute atomic E-state index is 0.371. The number of aromatic nitrogens is 1. The van der Waals surface area contributed by atoms with Gasteiger partial charge in [0.2, 0.25) is 5.88 Å². The Labute approximate surface area is 103 Å². The molecule has 1 heterocycles. The minimum atomic E-state index is -1.35. The fourth-order valence-corrected chi connectivity index (χ4v) is 1.09. The number of rotatable bonds is 5. The molecule has 1 aromatic heterocycles. The average molecular weight is 255 g/mol. The standard InChI is InChI=1S/C10H13N3O5/c1-18-8-3-2-6(4-11-8)12-10(17)13-7(5-14)9(15)16/h2-4,7,14H,5H2,1H3,(H,15,16)(H2,12,13,17). The molecule has 18 heavy (non-hydrogen) atoms. The van der Waals surface area contributed by atoms with Crippen LogP contribution in [0.3, 0.4) is 0 Å². The van der Waals surface area contributed by atoms with E-state index >= 15 is 0 Å². The second-order valence-corrected chi connectivity index (χ2v) is 3.26. The molecule has 0 aliphatic rings. The van der Waals surface area contributed by atoms with Crippen molar-refractivity contribution in [2.24, 2.45) is 0 Å². The molecule has 8 nitrogen and oxygen atoms in total. The highest BCUT2D eigenvalue weighted by molar-refractivity contribution is 5.92. The Morgan fingerprint density at radius 1 is 1.50 bits per heavy atom. The van der Waals surface area contributed by atoms with Crippen LogP contribution in [0.5, 0.6) is 5.88 Å². The molecule has 0 saturated carbocycles. The maximum atomic E-state index is 11.4. The summed E-state index contributed by atoms with van der Waals surface area (Å²) in [5.41, 5.74) is 0.371. The SMILES string of the molecule is COc1ccc(NC(=O)NC(CO)C(=O)O)cn1. The van der Waals surface area contributed by atoms with Crippen LogP contribution in [-0.4, -0.2) is 47.0 Å². The van der Waals surface area contributed by atoms with E-state index in [2.05, 4.69) is 15.6 Å². The molecule has 2 amide bonds. The largest absolute Gasteiger partial charge is 0.481 e. The average Bonchev–Trinajstić information content (AvgIpc) is 2.36. The number of hydrogen-bond acceptors (Lipinski definition) is 5. The number of anilines is 1. The number of carboxylic acid groups (broad SMARTS) is 1. The lowest BCUT2D eigenvalue weighted by Crippen LogP contribution is -2.45. The zero-order chi connectivity index (χ0) is 13.5. The van der Waals surface area contributed by atoms with Crippen molar-refractivity contribution in [3.8, 4) is 5.88 Å². The van der Waals surface area contributed by atoms with E-state index in [-0.39, 0.29) is 0 Å². The van der Waals surface area contributed by atoms with Gasteiger partial charge in [-0.05, 0) is 6.07 Å². The number of amides is 2. The van der Waals surface area contributed by atoms with Gasteiger partial charge in [-0.1, -0.05) is 0 Å². The van der Waals surface area contributed by atoms with Gasteiger partial charge in [-0.25, -0.2) is 14.6 Å². The number of hydrogen-bond donors (Lipinski definition) is 4. The van der Waals surface area contributed by atoms with Crippen LogP contribution in [0, 0.1) is 0 Å². The van der Waals surface area contributed by atoms with Crippen LogP contribution >= 0.6 is 0 Å². The van der Waals surface area contributed by atoms with Crippen LogP contribution in [0.4, 0.5) is 10.5 Å². The second kappa shape index (κ2) is 6.40. The van der Waals surface area contributed by atoms with Crippen molar-refractivity contribution in [1.29, 1.82) is 0 Å². The second-order valence-electron chi connectivity index (χ2n) is 3.26. The van der Waals surface area contributed by atoms with E-state index in [1.54, 1.807) is 6.07 Å². The van der Waals surface area contributed by atoms with Crippen LogP contribution in [0.2, 0.25) is 0 Å². The van der Waals surface area contributed by atoms with Gasteiger partial charge in [0.05, 0.1) is 25.6 Å². The topological polar surface area (TPSA) is 121 Å². The molecule has 1 aromatic rings. The highest BCUT2D eigenvalue weighted by Gasteiger charge is 2.18. The molecule has 0 radical (unpaired) electrons. The summed E-state index contributed by atoms with van der Waals surface area (Å²) in [7, 11) is 1.46. The zero-order valence-corrected chi connectivity index (χ0v) is 9.58. The van der Waals surface area contributed by atoms with Gasteiger partial charge in [0.1, 0.15) is 0 Å². The summed E-state index contributed by atoms with van der Waals surface area (Å²) >= 11 is 0. The highest BCUT2D eigenvalue weighted by atomic mass is 16.5. The van der Waals surface area contributed by atoms with Crippen molar-refractivity contribution in [1.82, 2.24) is 10.3 Å². The van der Waals surface area contributed by atoms with E-state index in [0.717, 1.165) is 0 Å². The van der Waals surface area contributed by atoms with E-state index in [4.69, 9.17) is 14.9 Å². The Morgan fingerprint density at radius 3 is 2.67 bits per heavy atom. The van der Waals surface area contributed by atoms with Crippen molar-refractivity contribution < 1.29 is 24.5 Å². The summed E-state index contributed by atoms with van der Waals surface area (Å²) in [5.74, 6) is -0.930. The van der Waals surface area contributed by atoms with Crippen LogP contribution in [0.25, 0.3) is 0 Å². The molecular formula is C10H13N3O5. The summed E-state index contributed by atoms with van der Waals surface area (Å²) in [5, 5.41) is 21.8. The number of methoxy groups -OCH3 is 1. The van der Waals surface area contributed by atoms with Crippen LogP contribution < -0.4 is 15.4 Å². The monoisotopic (exact) mass is 255 g/mol. The quantitative estimate of drug-likeness (QED) is 0.571. The number of carbonyl (C=O) groups excluding carboxylic acids is 1. The molecule has 1 unspecified atom stereocenters. The molecule has 0 bridgehead atoms. The number of carbonyl (C=O) groups is 2. The fourth-order valence-electron chi connectivity index (χ4n) is 1.09. The number of pyridine rings is 1. The third-order valence-corrected chi connectivity index (χ3v) is 1.99. The summed E-state index contributed by atoms with van der Waals surface area (Å²) < 4.78 is 4.84. The van der Waals surface area contributed by atoms with Crippen molar-refractivity contribution in [3.05, 3.63) is 18.3 Å². The number of aliphatic carboxylic acids is 1. The number of urea groups is 1. The maximum absolute atomic E-state index is 11.4. The van der Waals surface area contributed by atoms with Gasteiger partial charge in [0, 0.05) is 6.07 Å². The number of aliphatic hydroxyl groups is 1. The molecule has 0 spiro atoms. The van der Waals surface area contributed by atoms with Crippen molar-refractivity contribution >= 4 is 17.7 Å². The first kappa shape index (κ1) is 13.7. The fraction of sp³-hybridized carbons (Fsp3) is 0.300. The van der Waals surface area contributed by atoms with Crippen LogP contribution in [0.1, 0.15) is 0 Å². The Hall–Kier alpha value is -2.35. The number of ether oxygens (including phenoxy) is 1. The molecule has 0 saturated heterocycles. The maximum Gasteiger partial charge on any atom is 0.328 e. The lowest BCUT2D eigenvalue weighted by atomic mass is 10.3. The van der Waals surface area contributed by atoms with Gasteiger partial charge < -0.3 is 25.6 Å². The Balaban J connectivity index is 2.55. The van der Waals surface area contributed by atoms with Gasteiger partial charge in [-0.2, -0.15) is 0 Å². The highest BCUT2D eigenvalue weighted by Crippen LogP contribution is 2.10. The molecule has 4 N–H and O–H groups in total. The van der Waals surface area contributed by atoms with E-state index in [1.165, 1.54) is 19.4 Å². The zero-order valence-electron chi connectivity index (χ0n) is 9.58. The third kappa shape index (κ3) is 3.91. The molecule has 1 atom stereocenters. The predicted molar refractivity (Wildman–Crippen MR) is 61.5 cm³/mol. The Bertz CT molecular complexity index is 420. The number of carboxylic acids is 1. The normalized spacial score (nSPS) is 11.4. The van der Waals surface area contributed by atoms with E-state index in [0.29, 0.717) is 11.6 Å². The molecule has 0 aromatic carbocycles. The molecular weight excluding hydrogens is 242 g/mol. The molecule has 8 heteroatoms. The lowest BCUT2D eigenvalue weighted by molar-refractivity contribution is -0.140. The lowest BCUT2D eigenvalue weighted by Gasteiger charge is -2.12. The van der Waals surface area contributed by atoms with Crippen LogP contribution in [-0.2, 0) is 4.79 Å². The smallest absolute Gasteiger partial charge is 0.328 e. The number of nitrogens with zero attached hydrogens (tertiary/aromatic N) is 1. The Kier molecular flexibility index (Phi) is 4.88. The molecule has 1 rings (SSSR count). The van der Waals surface area contributed by atoms with Crippen LogP contribution in [0.15, 0.2) is 18.3 Å². The first-order valence-electron chi connectivity index (χ1n) is 4.98. The van der Waals surface area contributed by atoms with Crippen molar-refractivity contribution in [2.45, 2.75) is 6.04 Å². The summed E-state index contributed by atoms with van der Waals surface area (Å²) in [6, 6.07) is 0.982. The summed E-state index contributed by atoms with van der Waals surface area (Å²) in [6.45, 7) is -0.691. The molecule has 98 valence electrons. The minimum Gasteiger partial charge on any atom is -0.481 e. The van der Waals surface area contributed by atoms with Gasteiger partial charge >= 0.3 is 12.0 Å². The Morgan fingerprint density at radius 2 is 2.22 bits per heavy atom. The van der Waals surface area contributed by atoms with E-state index in [1.807, 2.05) is 0 Å². The molecule has 0 aliphatic carbocycles. The predicted octanol–water partition coefficient (Wildman–Crippen LogP) is -0.343. The first-order valence-corrected chi connectivity index (χ1v) is 4.98. The summed E-state index contributed by atoms with van der Waals surface area (Å²) in [4.78, 5) is 25.8. The van der Waals surface area contributed by atoms with Gasteiger partial charge in [0.25, 0.3) is 0 Å². The first-order chi connectivity index (χ1) is 8.56. The number of nitrogens with one attached hydrogen (secondary N) is 2. The van der Waals surface area contributed by atoms with Gasteiger partial charge in [0.15, 0.2) is 6.04 Å². The molecule has 0 aliphatic heterocycles. The van der Waals surface area contributed by atoms with Crippen molar-refractivity contribution in [2.75, 3.05) is 19.0 Å². The van der Waals surface area contributed by atoms with Crippen molar-refractivity contribution in [3.63, 3.8) is 0 Å². The number of aliphatic hydroxyl groups excluding tert-OH is 1. The van der Waals surface area contributed by atoms with E-state index < -0.39 is 24.6 Å². The van der Waals surface area contributed by atoms with Gasteiger partial charge in [-0.3, -0.25) is 0 Å². The summed E-state index contributed by atoms with van der Waals surface area (Å²) in [6.07, 6.45) is 1.35. The van der Waals surface area contributed by atoms with Gasteiger partial charge in [-0.15, -0.1) is 0 Å². The molecule has 0 fully saturated rings. The van der Waals surface area contributed by atoms with E-state index in [9.17, 15) is 9.59 Å².